The topological polar surface area (TPSA) is 94.3 Å². The molecule has 1 aromatic carbocycles. The Hall–Kier alpha value is -2.45. The van der Waals surface area contributed by atoms with Gasteiger partial charge in [0.05, 0.1) is 24.1 Å². The van der Waals surface area contributed by atoms with E-state index in [0.717, 1.165) is 5.01 Å². The minimum atomic E-state index is -0.570. The molecule has 0 bridgehead atoms. The van der Waals surface area contributed by atoms with Crippen LogP contribution >= 0.6 is 22.9 Å². The number of amides is 1. The maximum Gasteiger partial charge on any atom is 0.340 e. The number of hydrogen-bond acceptors (Lipinski definition) is 7. The van der Waals surface area contributed by atoms with Gasteiger partial charge in [0.1, 0.15) is 16.3 Å². The number of nitrogens with one attached hydrogen (secondary N) is 1. The van der Waals surface area contributed by atoms with E-state index in [0.29, 0.717) is 32.4 Å². The highest BCUT2D eigenvalue weighted by Crippen LogP contribution is 2.31. The smallest absolute Gasteiger partial charge is 0.340 e. The Morgan fingerprint density at radius 2 is 2.11 bits per heavy atom. The minimum Gasteiger partial charge on any atom is -0.495 e. The molecule has 142 valence electrons. The number of ether oxygens (including phenoxy) is 1. The molecule has 1 amide bonds. The zero-order valence-corrected chi connectivity index (χ0v) is 16.8. The number of aryl methyl sites for hydroxylation is 1. The van der Waals surface area contributed by atoms with Crippen molar-refractivity contribution >= 4 is 44.9 Å². The molecule has 9 heteroatoms. The second-order valence-corrected chi connectivity index (χ2v) is 7.72. The Kier molecular flexibility index (Phi) is 5.48. The number of aromatic nitrogens is 2. The van der Waals surface area contributed by atoms with Crippen LogP contribution in [0.25, 0.3) is 11.0 Å². The predicted molar refractivity (Wildman–Crippen MR) is 105 cm³/mol. The fraction of sp³-hybridized carbons (Fsp3) is 0.333. The third-order valence-electron chi connectivity index (χ3n) is 4.08. The Bertz CT molecular complexity index is 1070. The van der Waals surface area contributed by atoms with Crippen molar-refractivity contribution in [1.29, 1.82) is 0 Å². The molecule has 7 nitrogen and oxygen atoms in total. The number of anilines is 1. The molecule has 0 spiro atoms. The van der Waals surface area contributed by atoms with Crippen LogP contribution in [0.15, 0.2) is 21.3 Å². The van der Waals surface area contributed by atoms with Crippen LogP contribution < -0.4 is 15.7 Å². The summed E-state index contributed by atoms with van der Waals surface area (Å²) in [6.07, 6.45) is -0.135. The van der Waals surface area contributed by atoms with Gasteiger partial charge in [-0.2, -0.15) is 0 Å². The number of carbonyl (C=O) groups excluding carboxylic acids is 1. The number of halogens is 1. The van der Waals surface area contributed by atoms with Gasteiger partial charge in [0.25, 0.3) is 0 Å². The molecule has 0 radical (unpaired) electrons. The summed E-state index contributed by atoms with van der Waals surface area (Å²) in [5.41, 5.74) is 0.698. The first-order chi connectivity index (χ1) is 12.8. The largest absolute Gasteiger partial charge is 0.495 e. The Balaban J connectivity index is 1.89. The maximum atomic E-state index is 12.4. The number of rotatable bonds is 5. The summed E-state index contributed by atoms with van der Waals surface area (Å²) in [6, 6.07) is 3.22. The van der Waals surface area contributed by atoms with Crippen LogP contribution in [0.3, 0.4) is 0 Å². The van der Waals surface area contributed by atoms with Crippen molar-refractivity contribution in [1.82, 2.24) is 10.2 Å². The fourth-order valence-corrected chi connectivity index (χ4v) is 3.60. The van der Waals surface area contributed by atoms with Crippen LogP contribution in [-0.2, 0) is 11.2 Å². The van der Waals surface area contributed by atoms with Gasteiger partial charge < -0.3 is 14.5 Å². The minimum absolute atomic E-state index is 0.135. The first-order valence-corrected chi connectivity index (χ1v) is 9.42. The van der Waals surface area contributed by atoms with E-state index >= 15 is 0 Å². The van der Waals surface area contributed by atoms with Crippen LogP contribution in [-0.4, -0.2) is 23.2 Å². The van der Waals surface area contributed by atoms with Gasteiger partial charge in [0.2, 0.25) is 11.0 Å². The standard InChI is InChI=1S/C18H18ClN3O4S/c1-8(2)16-21-22-18(27-16)20-15(23)6-11-9(3)10-5-12(19)14(25-4)7-13(10)26-17(11)24/h5,7-8H,6H2,1-4H3,(H,20,22,23). The van der Waals surface area contributed by atoms with Crippen LogP contribution in [0.1, 0.15) is 35.9 Å². The van der Waals surface area contributed by atoms with Gasteiger partial charge >= 0.3 is 5.63 Å². The van der Waals surface area contributed by atoms with E-state index in [9.17, 15) is 9.59 Å². The summed E-state index contributed by atoms with van der Waals surface area (Å²) in [7, 11) is 1.48. The van der Waals surface area contributed by atoms with E-state index < -0.39 is 5.63 Å². The monoisotopic (exact) mass is 407 g/mol. The van der Waals surface area contributed by atoms with E-state index in [4.69, 9.17) is 20.8 Å². The lowest BCUT2D eigenvalue weighted by Crippen LogP contribution is -2.20. The molecule has 0 saturated carbocycles. The van der Waals surface area contributed by atoms with Gasteiger partial charge in [-0.3, -0.25) is 4.79 Å². The quantitative estimate of drug-likeness (QED) is 0.644. The summed E-state index contributed by atoms with van der Waals surface area (Å²) < 4.78 is 10.5. The summed E-state index contributed by atoms with van der Waals surface area (Å²) in [5, 5.41) is 12.9. The second-order valence-electron chi connectivity index (χ2n) is 6.30. The Labute approximate surface area is 164 Å². The first kappa shape index (κ1) is 19.3. The number of carbonyl (C=O) groups is 1. The second kappa shape index (κ2) is 7.66. The lowest BCUT2D eigenvalue weighted by atomic mass is 10.0. The van der Waals surface area contributed by atoms with Crippen molar-refractivity contribution in [3.8, 4) is 5.75 Å². The molecular formula is C18H18ClN3O4S. The average molecular weight is 408 g/mol. The molecule has 0 saturated heterocycles. The summed E-state index contributed by atoms with van der Waals surface area (Å²) in [5.74, 6) is 0.273. The lowest BCUT2D eigenvalue weighted by Gasteiger charge is -2.10. The van der Waals surface area contributed by atoms with Crippen LogP contribution in [0.5, 0.6) is 5.75 Å². The molecule has 0 fully saturated rings. The normalized spacial score (nSPS) is 11.2. The van der Waals surface area contributed by atoms with E-state index in [-0.39, 0.29) is 23.8 Å². The number of benzene rings is 1. The third-order valence-corrected chi connectivity index (χ3v) is 5.51. The van der Waals surface area contributed by atoms with Crippen molar-refractivity contribution in [2.75, 3.05) is 12.4 Å². The Morgan fingerprint density at radius 1 is 1.37 bits per heavy atom. The number of hydrogen-bond donors (Lipinski definition) is 1. The number of fused-ring (bicyclic) bond motifs is 1. The molecule has 0 aliphatic heterocycles. The van der Waals surface area contributed by atoms with Crippen molar-refractivity contribution in [3.05, 3.63) is 43.7 Å². The highest BCUT2D eigenvalue weighted by molar-refractivity contribution is 7.15. The lowest BCUT2D eigenvalue weighted by molar-refractivity contribution is -0.115. The first-order valence-electron chi connectivity index (χ1n) is 8.23. The van der Waals surface area contributed by atoms with Gasteiger partial charge in [-0.25, -0.2) is 4.79 Å². The molecule has 3 rings (SSSR count). The maximum absolute atomic E-state index is 12.4. The molecule has 0 aliphatic rings. The van der Waals surface area contributed by atoms with Crippen molar-refractivity contribution in [3.63, 3.8) is 0 Å². The molecule has 27 heavy (non-hydrogen) atoms. The molecular weight excluding hydrogens is 390 g/mol. The van der Waals surface area contributed by atoms with E-state index in [1.165, 1.54) is 18.4 Å². The van der Waals surface area contributed by atoms with Crippen molar-refractivity contribution in [2.24, 2.45) is 0 Å². The van der Waals surface area contributed by atoms with Crippen LogP contribution in [0.2, 0.25) is 5.02 Å². The SMILES string of the molecule is COc1cc2oc(=O)c(CC(=O)Nc3nnc(C(C)C)s3)c(C)c2cc1Cl. The number of nitrogens with zero attached hydrogens (tertiary/aromatic N) is 2. The highest BCUT2D eigenvalue weighted by atomic mass is 35.5. The third kappa shape index (κ3) is 3.96. The van der Waals surface area contributed by atoms with E-state index in [1.54, 1.807) is 19.1 Å². The molecule has 2 heterocycles. The number of methoxy groups -OCH3 is 1. The molecule has 2 aromatic heterocycles. The van der Waals surface area contributed by atoms with E-state index in [1.807, 2.05) is 13.8 Å². The van der Waals surface area contributed by atoms with Crippen LogP contribution in [0, 0.1) is 6.92 Å². The summed E-state index contributed by atoms with van der Waals surface area (Å²) >= 11 is 7.48. The average Bonchev–Trinajstić information content (AvgIpc) is 3.07. The van der Waals surface area contributed by atoms with Gasteiger partial charge in [-0.1, -0.05) is 36.8 Å². The van der Waals surface area contributed by atoms with E-state index in [2.05, 4.69) is 15.5 Å². The Morgan fingerprint density at radius 3 is 2.74 bits per heavy atom. The molecule has 1 N–H and O–H groups in total. The van der Waals surface area contributed by atoms with Gasteiger partial charge in [-0.15, -0.1) is 10.2 Å². The van der Waals surface area contributed by atoms with Gasteiger partial charge in [0.15, 0.2) is 0 Å². The molecule has 0 unspecified atom stereocenters. The molecule has 0 aliphatic carbocycles. The highest BCUT2D eigenvalue weighted by Gasteiger charge is 2.18. The van der Waals surface area contributed by atoms with Crippen molar-refractivity contribution in [2.45, 2.75) is 33.1 Å². The van der Waals surface area contributed by atoms with Gasteiger partial charge in [0, 0.05) is 17.4 Å². The predicted octanol–water partition coefficient (Wildman–Crippen LogP) is 3.92. The molecule has 3 aromatic rings. The van der Waals surface area contributed by atoms with Crippen molar-refractivity contribution < 1.29 is 13.9 Å². The zero-order chi connectivity index (χ0) is 19.7. The molecule has 0 atom stereocenters. The fourth-order valence-electron chi connectivity index (χ4n) is 2.59. The summed E-state index contributed by atoms with van der Waals surface area (Å²) in [4.78, 5) is 24.7. The van der Waals surface area contributed by atoms with Gasteiger partial charge in [-0.05, 0) is 18.6 Å². The van der Waals surface area contributed by atoms with Crippen LogP contribution in [0.4, 0.5) is 5.13 Å². The zero-order valence-electron chi connectivity index (χ0n) is 15.3. The summed E-state index contributed by atoms with van der Waals surface area (Å²) in [6.45, 7) is 5.75.